The molecule has 0 aromatic carbocycles. The summed E-state index contributed by atoms with van der Waals surface area (Å²) in [5.74, 6) is -0.249. The van der Waals surface area contributed by atoms with Crippen molar-refractivity contribution in [3.05, 3.63) is 34.7 Å². The Kier molecular flexibility index (Phi) is 3.05. The minimum Gasteiger partial charge on any atom is -0.196 e. The monoisotopic (exact) mass is 156 g/mol. The van der Waals surface area contributed by atoms with Gasteiger partial charge in [0.05, 0.1) is 12.1 Å². The normalized spacial score (nSPS) is 8.08. The molecule has 0 amide bonds. The summed E-state index contributed by atoms with van der Waals surface area (Å²) >= 11 is 0. The fourth-order valence-electron chi connectivity index (χ4n) is 0.437. The fraction of sp³-hybridized carbons (Fsp3) is 0.250. The summed E-state index contributed by atoms with van der Waals surface area (Å²) in [6.07, 6.45) is 1.06. The second-order valence-electron chi connectivity index (χ2n) is 2.15. The first-order chi connectivity index (χ1) is 5.61. The van der Waals surface area contributed by atoms with E-state index in [0.29, 0.717) is 0 Å². The summed E-state index contributed by atoms with van der Waals surface area (Å²) in [7, 11) is 0. The second-order valence-corrected chi connectivity index (χ2v) is 2.15. The Hall–Kier alpha value is -2.30. The number of hydrogen-bond donors (Lipinski definition) is 0. The predicted molar refractivity (Wildman–Crippen MR) is 40.6 cm³/mol. The van der Waals surface area contributed by atoms with Crippen LogP contribution in [0.3, 0.4) is 0 Å². The Morgan fingerprint density at radius 1 is 1.33 bits per heavy atom. The Balaban J connectivity index is 5.06. The molecule has 0 saturated heterocycles. The van der Waals surface area contributed by atoms with Crippen molar-refractivity contribution >= 4 is 0 Å². The average Bonchev–Trinajstić information content (AvgIpc) is 2.14. The Morgan fingerprint density at radius 2 is 1.75 bits per heavy atom. The molecule has 0 radical (unpaired) electrons. The molecule has 0 spiro atoms. The van der Waals surface area contributed by atoms with Crippen molar-refractivity contribution in [3.63, 3.8) is 0 Å². The van der Waals surface area contributed by atoms with Gasteiger partial charge >= 0.3 is 5.82 Å². The first kappa shape index (κ1) is 9.70. The largest absolute Gasteiger partial charge is 0.517 e. The van der Waals surface area contributed by atoms with E-state index in [1.165, 1.54) is 6.92 Å². The molecule has 0 fully saturated rings. The maximum atomic E-state index is 8.50. The van der Waals surface area contributed by atoms with Crippen LogP contribution < -0.4 is 0 Å². The van der Waals surface area contributed by atoms with Crippen LogP contribution in [0.4, 0.5) is 0 Å². The van der Waals surface area contributed by atoms with E-state index in [-0.39, 0.29) is 5.82 Å². The molecule has 0 heterocycles. The van der Waals surface area contributed by atoms with Gasteiger partial charge in [-0.3, -0.25) is 0 Å². The molecule has 12 heavy (non-hydrogen) atoms. The molecular weight excluding hydrogens is 152 g/mol. The second kappa shape index (κ2) is 3.77. The topological polar surface area (TPSA) is 56.3 Å². The summed E-state index contributed by atoms with van der Waals surface area (Å²) in [5, 5.41) is 17.0. The van der Waals surface area contributed by atoms with Gasteiger partial charge in [0.2, 0.25) is 0 Å². The lowest BCUT2D eigenvalue weighted by Crippen LogP contribution is -2.05. The summed E-state index contributed by atoms with van der Waals surface area (Å²) in [5.41, 5.74) is -1.37. The Labute approximate surface area is 70.6 Å². The molecule has 0 rings (SSSR count). The predicted octanol–water partition coefficient (Wildman–Crippen LogP) is 1.72. The smallest absolute Gasteiger partial charge is 0.196 e. The van der Waals surface area contributed by atoms with E-state index in [1.807, 2.05) is 0 Å². The molecule has 56 valence electrons. The van der Waals surface area contributed by atoms with Crippen LogP contribution in [0.5, 0.6) is 0 Å². The van der Waals surface area contributed by atoms with E-state index in [4.69, 9.17) is 23.7 Å². The molecular formula is C8H4N4. The van der Waals surface area contributed by atoms with Gasteiger partial charge in [-0.25, -0.2) is 0 Å². The van der Waals surface area contributed by atoms with E-state index >= 15 is 0 Å². The summed E-state index contributed by atoms with van der Waals surface area (Å²) in [6.45, 7) is 14.4. The van der Waals surface area contributed by atoms with Crippen molar-refractivity contribution in [1.29, 1.82) is 10.5 Å². The quantitative estimate of drug-likeness (QED) is 0.542. The zero-order valence-corrected chi connectivity index (χ0v) is 6.37. The van der Waals surface area contributed by atoms with Gasteiger partial charge in [-0.1, -0.05) is 0 Å². The average molecular weight is 156 g/mol. The highest BCUT2D eigenvalue weighted by molar-refractivity contribution is 5.30. The Bertz CT molecular complexity index is 334. The van der Waals surface area contributed by atoms with Crippen molar-refractivity contribution in [3.8, 4) is 12.1 Å². The third kappa shape index (κ3) is 2.14. The van der Waals surface area contributed by atoms with Gasteiger partial charge in [0.15, 0.2) is 5.41 Å². The molecule has 0 aromatic heterocycles. The van der Waals surface area contributed by atoms with E-state index in [0.717, 1.165) is 6.08 Å². The maximum absolute atomic E-state index is 8.50. The number of hydrogen-bond acceptors (Lipinski definition) is 2. The van der Waals surface area contributed by atoms with Gasteiger partial charge in [0.1, 0.15) is 13.1 Å². The van der Waals surface area contributed by atoms with Crippen LogP contribution in [0.15, 0.2) is 11.9 Å². The number of nitriles is 2. The van der Waals surface area contributed by atoms with Gasteiger partial charge in [0.25, 0.3) is 0 Å². The minimum absolute atomic E-state index is 0.249. The van der Waals surface area contributed by atoms with Crippen LogP contribution in [0, 0.1) is 41.2 Å². The van der Waals surface area contributed by atoms with Gasteiger partial charge in [-0.15, -0.1) is 0 Å². The molecule has 0 bridgehead atoms. The molecule has 0 saturated carbocycles. The van der Waals surface area contributed by atoms with Crippen LogP contribution in [0.2, 0.25) is 0 Å². The van der Waals surface area contributed by atoms with Crippen molar-refractivity contribution in [2.75, 3.05) is 0 Å². The summed E-state index contributed by atoms with van der Waals surface area (Å²) in [4.78, 5) is 5.68. The number of nitrogens with zero attached hydrogens (tertiary/aromatic N) is 4. The molecule has 0 aromatic rings. The summed E-state index contributed by atoms with van der Waals surface area (Å²) < 4.78 is 0. The van der Waals surface area contributed by atoms with Crippen LogP contribution in [-0.2, 0) is 0 Å². The summed E-state index contributed by atoms with van der Waals surface area (Å²) in [6, 6.07) is 3.41. The lowest BCUT2D eigenvalue weighted by molar-refractivity contribution is 0.750. The molecule has 0 atom stereocenters. The van der Waals surface area contributed by atoms with Crippen molar-refractivity contribution in [2.45, 2.75) is 6.92 Å². The van der Waals surface area contributed by atoms with Crippen LogP contribution >= 0.6 is 0 Å². The van der Waals surface area contributed by atoms with E-state index < -0.39 is 5.41 Å². The third-order valence-corrected chi connectivity index (χ3v) is 1.11. The lowest BCUT2D eigenvalue weighted by atomic mass is 9.95. The molecule has 0 N–H and O–H groups in total. The van der Waals surface area contributed by atoms with Gasteiger partial charge in [0, 0.05) is 6.08 Å². The van der Waals surface area contributed by atoms with Crippen LogP contribution in [0.1, 0.15) is 6.92 Å². The van der Waals surface area contributed by atoms with E-state index in [1.54, 1.807) is 12.1 Å². The molecule has 0 aliphatic heterocycles. The Morgan fingerprint density at radius 3 is 2.00 bits per heavy atom. The van der Waals surface area contributed by atoms with Crippen molar-refractivity contribution in [2.24, 2.45) is 5.41 Å². The first-order valence-corrected chi connectivity index (χ1v) is 2.92. The van der Waals surface area contributed by atoms with E-state index in [2.05, 4.69) is 9.69 Å². The van der Waals surface area contributed by atoms with Crippen LogP contribution in [-0.4, -0.2) is 0 Å². The molecule has 4 nitrogen and oxygen atoms in total. The SMILES string of the molecule is [C-]#[N+]C(=CC(C)(C#N)C#N)[N+]#[C-]. The van der Waals surface area contributed by atoms with Crippen molar-refractivity contribution < 1.29 is 0 Å². The number of allylic oxidation sites excluding steroid dienone is 1. The molecule has 0 aliphatic rings. The highest BCUT2D eigenvalue weighted by atomic mass is 14.9. The van der Waals surface area contributed by atoms with Crippen LogP contribution in [0.25, 0.3) is 9.69 Å². The number of rotatable bonds is 1. The third-order valence-electron chi connectivity index (χ3n) is 1.11. The highest BCUT2D eigenvalue weighted by Gasteiger charge is 2.24. The standard InChI is InChI=1S/C8H4N4/c1-8(5-9,6-10)4-7(11-2)12-3/h4H,1H3. The fourth-order valence-corrected chi connectivity index (χ4v) is 0.437. The minimum atomic E-state index is -1.37. The maximum Gasteiger partial charge on any atom is 0.517 e. The zero-order valence-electron chi connectivity index (χ0n) is 6.37. The van der Waals surface area contributed by atoms with Gasteiger partial charge < -0.3 is 0 Å². The van der Waals surface area contributed by atoms with E-state index in [9.17, 15) is 0 Å². The molecule has 0 aliphatic carbocycles. The molecule has 0 unspecified atom stereocenters. The zero-order chi connectivity index (χ0) is 9.61. The van der Waals surface area contributed by atoms with Gasteiger partial charge in [-0.05, 0) is 6.92 Å². The first-order valence-electron chi connectivity index (χ1n) is 2.92. The van der Waals surface area contributed by atoms with Crippen molar-refractivity contribution in [1.82, 2.24) is 0 Å². The van der Waals surface area contributed by atoms with Gasteiger partial charge in [-0.2, -0.15) is 20.2 Å². The highest BCUT2D eigenvalue weighted by Crippen LogP contribution is 2.18. The lowest BCUT2D eigenvalue weighted by Gasteiger charge is -2.00. The molecule has 4 heteroatoms.